The molecule has 0 radical (unpaired) electrons. The number of rotatable bonds is 2. The lowest BCUT2D eigenvalue weighted by atomic mass is 10.3. The van der Waals surface area contributed by atoms with Crippen LogP contribution in [0, 0.1) is 2.88 Å². The Morgan fingerprint density at radius 1 is 1.53 bits per heavy atom. The van der Waals surface area contributed by atoms with Gasteiger partial charge in [-0.05, 0) is 40.8 Å². The normalized spacial score (nSPS) is 9.93. The predicted octanol–water partition coefficient (Wildman–Crippen LogP) is 3.00. The molecule has 0 aliphatic carbocycles. The van der Waals surface area contributed by atoms with Gasteiger partial charge < -0.3 is 5.32 Å². The van der Waals surface area contributed by atoms with Crippen LogP contribution in [0.4, 0.5) is 5.69 Å². The number of pyridine rings is 1. The molecule has 0 saturated heterocycles. The Hall–Kier alpha value is -0.950. The number of anilines is 1. The van der Waals surface area contributed by atoms with Crippen molar-refractivity contribution in [3.8, 4) is 0 Å². The van der Waals surface area contributed by atoms with E-state index < -0.39 is 0 Å². The number of aromatic nitrogens is 1. The van der Waals surface area contributed by atoms with Gasteiger partial charge in [-0.1, -0.05) is 0 Å². The Morgan fingerprint density at radius 2 is 2.40 bits per heavy atom. The van der Waals surface area contributed by atoms with Crippen LogP contribution >= 0.6 is 33.9 Å². The molecule has 0 spiro atoms. The average molecular weight is 330 g/mol. The van der Waals surface area contributed by atoms with E-state index in [0.717, 1.165) is 2.88 Å². The second-order valence-corrected chi connectivity index (χ2v) is 5.64. The van der Waals surface area contributed by atoms with Crippen molar-refractivity contribution in [2.24, 2.45) is 0 Å². The second kappa shape index (κ2) is 4.71. The standard InChI is InChI=1S/C10H7IN2OS/c11-9-4-7(6-15-9)10(14)13-8-2-1-3-12-5-8/h1-6H,(H,13,14). The summed E-state index contributed by atoms with van der Waals surface area (Å²) in [6.07, 6.45) is 3.29. The smallest absolute Gasteiger partial charge is 0.256 e. The highest BCUT2D eigenvalue weighted by molar-refractivity contribution is 14.1. The summed E-state index contributed by atoms with van der Waals surface area (Å²) in [5.74, 6) is -0.0952. The van der Waals surface area contributed by atoms with E-state index in [1.165, 1.54) is 0 Å². The van der Waals surface area contributed by atoms with Gasteiger partial charge in [0.25, 0.3) is 5.91 Å². The van der Waals surface area contributed by atoms with Crippen molar-refractivity contribution in [3.63, 3.8) is 0 Å². The highest BCUT2D eigenvalue weighted by Gasteiger charge is 2.07. The molecule has 0 aromatic carbocycles. The summed E-state index contributed by atoms with van der Waals surface area (Å²) in [4.78, 5) is 15.6. The van der Waals surface area contributed by atoms with Gasteiger partial charge in [-0.25, -0.2) is 0 Å². The van der Waals surface area contributed by atoms with Gasteiger partial charge in [0, 0.05) is 11.6 Å². The van der Waals surface area contributed by atoms with Crippen LogP contribution in [0.15, 0.2) is 36.0 Å². The number of thiophene rings is 1. The van der Waals surface area contributed by atoms with Crippen LogP contribution in [-0.4, -0.2) is 10.9 Å². The Labute approximate surface area is 105 Å². The van der Waals surface area contributed by atoms with Gasteiger partial charge in [0.15, 0.2) is 0 Å². The van der Waals surface area contributed by atoms with Crippen LogP contribution in [0.25, 0.3) is 0 Å². The van der Waals surface area contributed by atoms with Gasteiger partial charge >= 0.3 is 0 Å². The van der Waals surface area contributed by atoms with Gasteiger partial charge in [-0.3, -0.25) is 9.78 Å². The third-order valence-electron chi connectivity index (χ3n) is 1.75. The zero-order valence-electron chi connectivity index (χ0n) is 7.61. The summed E-state index contributed by atoms with van der Waals surface area (Å²) in [6, 6.07) is 5.45. The van der Waals surface area contributed by atoms with Crippen LogP contribution < -0.4 is 5.32 Å². The number of carbonyl (C=O) groups is 1. The number of carbonyl (C=O) groups excluding carboxylic acids is 1. The topological polar surface area (TPSA) is 42.0 Å². The van der Waals surface area contributed by atoms with E-state index in [1.54, 1.807) is 29.8 Å². The molecule has 1 amide bonds. The van der Waals surface area contributed by atoms with Gasteiger partial charge in [-0.15, -0.1) is 11.3 Å². The van der Waals surface area contributed by atoms with Crippen molar-refractivity contribution in [2.45, 2.75) is 0 Å². The fraction of sp³-hybridized carbons (Fsp3) is 0. The second-order valence-electron chi connectivity index (χ2n) is 2.84. The van der Waals surface area contributed by atoms with Crippen molar-refractivity contribution in [2.75, 3.05) is 5.32 Å². The molecule has 0 aliphatic rings. The van der Waals surface area contributed by atoms with Crippen molar-refractivity contribution in [1.82, 2.24) is 4.98 Å². The average Bonchev–Trinajstić information content (AvgIpc) is 2.66. The van der Waals surface area contributed by atoms with Crippen molar-refractivity contribution >= 4 is 45.5 Å². The van der Waals surface area contributed by atoms with Crippen molar-refractivity contribution in [3.05, 3.63) is 44.4 Å². The molecule has 2 rings (SSSR count). The molecule has 76 valence electrons. The first-order valence-corrected chi connectivity index (χ1v) is 6.17. The molecule has 0 unspecified atom stereocenters. The summed E-state index contributed by atoms with van der Waals surface area (Å²) >= 11 is 3.74. The Bertz CT molecular complexity index is 469. The van der Waals surface area contributed by atoms with E-state index in [2.05, 4.69) is 32.9 Å². The van der Waals surface area contributed by atoms with E-state index in [9.17, 15) is 4.79 Å². The SMILES string of the molecule is O=C(Nc1cccnc1)c1csc(I)c1. The maximum Gasteiger partial charge on any atom is 0.256 e. The first kappa shape index (κ1) is 10.6. The lowest BCUT2D eigenvalue weighted by Crippen LogP contribution is -2.10. The summed E-state index contributed by atoms with van der Waals surface area (Å²) < 4.78 is 1.10. The molecule has 2 heterocycles. The minimum Gasteiger partial charge on any atom is -0.321 e. The van der Waals surface area contributed by atoms with E-state index >= 15 is 0 Å². The van der Waals surface area contributed by atoms with Crippen molar-refractivity contribution in [1.29, 1.82) is 0 Å². The Morgan fingerprint density at radius 3 is 3.00 bits per heavy atom. The van der Waals surface area contributed by atoms with Crippen LogP contribution in [0.2, 0.25) is 0 Å². The number of nitrogens with zero attached hydrogens (tertiary/aromatic N) is 1. The van der Waals surface area contributed by atoms with Crippen LogP contribution in [0.3, 0.4) is 0 Å². The van der Waals surface area contributed by atoms with Crippen LogP contribution in [-0.2, 0) is 0 Å². The van der Waals surface area contributed by atoms with Crippen LogP contribution in [0.1, 0.15) is 10.4 Å². The summed E-state index contributed by atoms with van der Waals surface area (Å²) in [6.45, 7) is 0. The molecule has 0 atom stereocenters. The molecule has 15 heavy (non-hydrogen) atoms. The van der Waals surface area contributed by atoms with E-state index in [1.807, 2.05) is 17.5 Å². The zero-order chi connectivity index (χ0) is 10.7. The van der Waals surface area contributed by atoms with Gasteiger partial charge in [-0.2, -0.15) is 0 Å². The maximum absolute atomic E-state index is 11.7. The number of nitrogens with one attached hydrogen (secondary N) is 1. The minimum atomic E-state index is -0.0952. The third-order valence-corrected chi connectivity index (χ3v) is 3.54. The van der Waals surface area contributed by atoms with Gasteiger partial charge in [0.05, 0.1) is 20.3 Å². The molecule has 1 N–H and O–H groups in total. The molecule has 0 fully saturated rings. The highest BCUT2D eigenvalue weighted by atomic mass is 127. The van der Waals surface area contributed by atoms with E-state index in [4.69, 9.17) is 0 Å². The Kier molecular flexibility index (Phi) is 3.32. The van der Waals surface area contributed by atoms with E-state index in [0.29, 0.717) is 11.3 Å². The number of hydrogen-bond acceptors (Lipinski definition) is 3. The summed E-state index contributed by atoms with van der Waals surface area (Å²) in [5, 5.41) is 4.61. The van der Waals surface area contributed by atoms with Crippen molar-refractivity contribution < 1.29 is 4.79 Å². The number of amides is 1. The first-order chi connectivity index (χ1) is 7.25. The fourth-order valence-corrected chi connectivity index (χ4v) is 2.40. The monoisotopic (exact) mass is 330 g/mol. The largest absolute Gasteiger partial charge is 0.321 e. The number of hydrogen-bond donors (Lipinski definition) is 1. The van der Waals surface area contributed by atoms with Crippen LogP contribution in [0.5, 0.6) is 0 Å². The van der Waals surface area contributed by atoms with E-state index in [-0.39, 0.29) is 5.91 Å². The predicted molar refractivity (Wildman–Crippen MR) is 69.2 cm³/mol. The molecular weight excluding hydrogens is 323 g/mol. The maximum atomic E-state index is 11.7. The molecule has 3 nitrogen and oxygen atoms in total. The lowest BCUT2D eigenvalue weighted by Gasteiger charge is -2.01. The summed E-state index contributed by atoms with van der Waals surface area (Å²) in [5.41, 5.74) is 1.40. The molecule has 0 bridgehead atoms. The molecule has 0 aliphatic heterocycles. The molecule has 5 heteroatoms. The van der Waals surface area contributed by atoms with Gasteiger partial charge in [0.2, 0.25) is 0 Å². The third kappa shape index (κ3) is 2.75. The van der Waals surface area contributed by atoms with Gasteiger partial charge in [0.1, 0.15) is 0 Å². The molecule has 2 aromatic rings. The molecular formula is C10H7IN2OS. The minimum absolute atomic E-state index is 0.0952. The molecule has 2 aromatic heterocycles. The zero-order valence-corrected chi connectivity index (χ0v) is 10.6. The first-order valence-electron chi connectivity index (χ1n) is 4.21. The Balaban J connectivity index is 2.11. The lowest BCUT2D eigenvalue weighted by molar-refractivity contribution is 0.102. The molecule has 0 saturated carbocycles. The summed E-state index contributed by atoms with van der Waals surface area (Å²) in [7, 11) is 0. The highest BCUT2D eigenvalue weighted by Crippen LogP contribution is 2.17. The quantitative estimate of drug-likeness (QED) is 0.860. The fourth-order valence-electron chi connectivity index (χ4n) is 1.07. The number of halogens is 1.